The third kappa shape index (κ3) is 3.10. The van der Waals surface area contributed by atoms with Crippen molar-refractivity contribution in [2.24, 2.45) is 0 Å². The van der Waals surface area contributed by atoms with Crippen LogP contribution in [0.4, 0.5) is 15.8 Å². The van der Waals surface area contributed by atoms with Crippen molar-refractivity contribution in [1.82, 2.24) is 0 Å². The Hall–Kier alpha value is -1.60. The minimum absolute atomic E-state index is 0.0764. The second-order valence-electron chi connectivity index (χ2n) is 4.25. The maximum Gasteiger partial charge on any atom is 0.261 e. The topological polar surface area (TPSA) is 72.2 Å². The number of halogens is 2. The molecule has 0 atom stereocenters. The fourth-order valence-electron chi connectivity index (χ4n) is 1.59. The van der Waals surface area contributed by atoms with Crippen LogP contribution in [0.15, 0.2) is 45.8 Å². The third-order valence-electron chi connectivity index (χ3n) is 2.72. The van der Waals surface area contributed by atoms with E-state index in [0.717, 1.165) is 6.07 Å². The van der Waals surface area contributed by atoms with E-state index in [9.17, 15) is 12.8 Å². The molecule has 0 bridgehead atoms. The molecule has 106 valence electrons. The molecule has 7 heteroatoms. The van der Waals surface area contributed by atoms with Crippen molar-refractivity contribution >= 4 is 37.3 Å². The van der Waals surface area contributed by atoms with Crippen molar-refractivity contribution in [3.8, 4) is 0 Å². The number of nitrogens with two attached hydrogens (primary N) is 1. The SMILES string of the molecule is Cc1cc(S(=O)(=O)Nc2ccc(Br)c(F)c2)ccc1N. The number of aryl methyl sites for hydroxylation is 1. The summed E-state index contributed by atoms with van der Waals surface area (Å²) >= 11 is 3.01. The van der Waals surface area contributed by atoms with E-state index in [4.69, 9.17) is 5.73 Å². The lowest BCUT2D eigenvalue weighted by atomic mass is 10.2. The van der Waals surface area contributed by atoms with Crippen molar-refractivity contribution < 1.29 is 12.8 Å². The van der Waals surface area contributed by atoms with Crippen molar-refractivity contribution in [3.05, 3.63) is 52.3 Å². The second-order valence-corrected chi connectivity index (χ2v) is 6.79. The Morgan fingerprint density at radius 3 is 2.50 bits per heavy atom. The highest BCUT2D eigenvalue weighted by Crippen LogP contribution is 2.23. The number of hydrogen-bond donors (Lipinski definition) is 2. The number of hydrogen-bond acceptors (Lipinski definition) is 3. The van der Waals surface area contributed by atoms with E-state index < -0.39 is 15.8 Å². The van der Waals surface area contributed by atoms with Crippen LogP contribution < -0.4 is 10.5 Å². The molecule has 0 aromatic heterocycles. The Bertz CT molecular complexity index is 763. The molecule has 0 unspecified atom stereocenters. The predicted molar refractivity (Wildman–Crippen MR) is 80.5 cm³/mol. The molecule has 0 radical (unpaired) electrons. The Morgan fingerprint density at radius 2 is 1.90 bits per heavy atom. The van der Waals surface area contributed by atoms with Gasteiger partial charge in [0.05, 0.1) is 15.1 Å². The van der Waals surface area contributed by atoms with Crippen LogP contribution in [0.1, 0.15) is 5.56 Å². The number of anilines is 2. The molecule has 0 aliphatic heterocycles. The van der Waals surface area contributed by atoms with Crippen LogP contribution in [0.25, 0.3) is 0 Å². The Kier molecular flexibility index (Phi) is 4.01. The van der Waals surface area contributed by atoms with Gasteiger partial charge in [0, 0.05) is 5.69 Å². The zero-order valence-electron chi connectivity index (χ0n) is 10.5. The van der Waals surface area contributed by atoms with Crippen LogP contribution in [-0.4, -0.2) is 8.42 Å². The minimum Gasteiger partial charge on any atom is -0.399 e. The fraction of sp³-hybridized carbons (Fsp3) is 0.0769. The Balaban J connectivity index is 2.35. The van der Waals surface area contributed by atoms with Gasteiger partial charge in [-0.2, -0.15) is 0 Å². The van der Waals surface area contributed by atoms with E-state index in [1.54, 1.807) is 6.92 Å². The van der Waals surface area contributed by atoms with Gasteiger partial charge in [-0.25, -0.2) is 12.8 Å². The first kappa shape index (κ1) is 14.8. The molecule has 0 saturated carbocycles. The monoisotopic (exact) mass is 358 g/mol. The van der Waals surface area contributed by atoms with E-state index in [0.29, 0.717) is 11.3 Å². The highest BCUT2D eigenvalue weighted by molar-refractivity contribution is 9.10. The van der Waals surface area contributed by atoms with Gasteiger partial charge in [0.2, 0.25) is 0 Å². The Morgan fingerprint density at radius 1 is 1.20 bits per heavy atom. The van der Waals surface area contributed by atoms with Crippen LogP contribution in [-0.2, 0) is 10.0 Å². The van der Waals surface area contributed by atoms with Crippen LogP contribution in [0.3, 0.4) is 0 Å². The molecule has 0 aliphatic rings. The summed E-state index contributed by atoms with van der Waals surface area (Å²) in [7, 11) is -3.77. The van der Waals surface area contributed by atoms with Crippen LogP contribution in [0.5, 0.6) is 0 Å². The van der Waals surface area contributed by atoms with Crippen LogP contribution >= 0.6 is 15.9 Å². The van der Waals surface area contributed by atoms with Crippen molar-refractivity contribution in [2.45, 2.75) is 11.8 Å². The average molecular weight is 359 g/mol. The smallest absolute Gasteiger partial charge is 0.261 e. The van der Waals surface area contributed by atoms with Gasteiger partial charge in [0.15, 0.2) is 0 Å². The zero-order chi connectivity index (χ0) is 14.9. The van der Waals surface area contributed by atoms with E-state index in [1.165, 1.54) is 30.3 Å². The molecular weight excluding hydrogens is 347 g/mol. The van der Waals surface area contributed by atoms with Gasteiger partial charge in [0.1, 0.15) is 5.82 Å². The van der Waals surface area contributed by atoms with E-state index in [1.807, 2.05) is 0 Å². The maximum atomic E-state index is 13.4. The van der Waals surface area contributed by atoms with Crippen molar-refractivity contribution in [1.29, 1.82) is 0 Å². The fourth-order valence-corrected chi connectivity index (χ4v) is 2.97. The summed E-state index contributed by atoms with van der Waals surface area (Å²) in [6.45, 7) is 1.72. The van der Waals surface area contributed by atoms with Gasteiger partial charge in [0.25, 0.3) is 10.0 Å². The first-order chi connectivity index (χ1) is 9.29. The van der Waals surface area contributed by atoms with Crippen molar-refractivity contribution in [2.75, 3.05) is 10.5 Å². The Labute approximate surface area is 125 Å². The van der Waals surface area contributed by atoms with Gasteiger partial charge in [-0.15, -0.1) is 0 Å². The molecule has 0 heterocycles. The van der Waals surface area contributed by atoms with Crippen LogP contribution in [0.2, 0.25) is 0 Å². The normalized spacial score (nSPS) is 11.3. The highest BCUT2D eigenvalue weighted by atomic mass is 79.9. The molecule has 2 aromatic rings. The summed E-state index contributed by atoms with van der Waals surface area (Å²) in [4.78, 5) is 0.0764. The number of nitrogen functional groups attached to an aromatic ring is 1. The number of benzene rings is 2. The largest absolute Gasteiger partial charge is 0.399 e. The molecule has 0 saturated heterocycles. The predicted octanol–water partition coefficient (Wildman–Crippen LogP) is 3.28. The lowest BCUT2D eigenvalue weighted by molar-refractivity contribution is 0.601. The standard InChI is InChI=1S/C13H12BrFN2O2S/c1-8-6-10(3-5-13(8)16)20(18,19)17-9-2-4-11(14)12(15)7-9/h2-7,17H,16H2,1H3. The van der Waals surface area contributed by atoms with Gasteiger partial charge in [-0.1, -0.05) is 0 Å². The minimum atomic E-state index is -3.77. The number of rotatable bonds is 3. The molecule has 20 heavy (non-hydrogen) atoms. The summed E-state index contributed by atoms with van der Waals surface area (Å²) < 4.78 is 40.3. The zero-order valence-corrected chi connectivity index (χ0v) is 12.9. The molecule has 0 fully saturated rings. The van der Waals surface area contributed by atoms with Gasteiger partial charge < -0.3 is 5.73 Å². The highest BCUT2D eigenvalue weighted by Gasteiger charge is 2.15. The third-order valence-corrected chi connectivity index (χ3v) is 4.75. The summed E-state index contributed by atoms with van der Waals surface area (Å²) in [6.07, 6.45) is 0. The lowest BCUT2D eigenvalue weighted by Gasteiger charge is -2.10. The summed E-state index contributed by atoms with van der Waals surface area (Å²) in [5.41, 5.74) is 6.98. The molecule has 0 amide bonds. The van der Waals surface area contributed by atoms with Gasteiger partial charge in [-0.05, 0) is 64.8 Å². The quantitative estimate of drug-likeness (QED) is 0.827. The van der Waals surface area contributed by atoms with Crippen LogP contribution in [0, 0.1) is 12.7 Å². The molecule has 0 aliphatic carbocycles. The van der Waals surface area contributed by atoms with Gasteiger partial charge in [-0.3, -0.25) is 4.72 Å². The molecular formula is C13H12BrFN2O2S. The van der Waals surface area contributed by atoms with Gasteiger partial charge >= 0.3 is 0 Å². The average Bonchev–Trinajstić information content (AvgIpc) is 2.37. The molecule has 0 spiro atoms. The molecule has 2 aromatic carbocycles. The lowest BCUT2D eigenvalue weighted by Crippen LogP contribution is -2.13. The van der Waals surface area contributed by atoms with E-state index >= 15 is 0 Å². The maximum absolute atomic E-state index is 13.4. The second kappa shape index (κ2) is 5.41. The van der Waals surface area contributed by atoms with Crippen molar-refractivity contribution in [3.63, 3.8) is 0 Å². The first-order valence-corrected chi connectivity index (χ1v) is 7.91. The summed E-state index contributed by atoms with van der Waals surface area (Å²) in [6, 6.07) is 8.39. The first-order valence-electron chi connectivity index (χ1n) is 5.63. The summed E-state index contributed by atoms with van der Waals surface area (Å²) in [5, 5.41) is 0. The van der Waals surface area contributed by atoms with E-state index in [-0.39, 0.29) is 15.1 Å². The summed E-state index contributed by atoms with van der Waals surface area (Å²) in [5.74, 6) is -0.543. The number of sulfonamides is 1. The van der Waals surface area contributed by atoms with E-state index in [2.05, 4.69) is 20.7 Å². The molecule has 4 nitrogen and oxygen atoms in total. The number of nitrogens with one attached hydrogen (secondary N) is 1. The molecule has 3 N–H and O–H groups in total. The molecule has 2 rings (SSSR count).